The van der Waals surface area contributed by atoms with E-state index in [0.29, 0.717) is 5.02 Å². The molecular weight excluding hydrogens is 274 g/mol. The Balaban J connectivity index is 2.16. The van der Waals surface area contributed by atoms with E-state index in [0.717, 1.165) is 30.7 Å². The van der Waals surface area contributed by atoms with E-state index in [-0.39, 0.29) is 11.6 Å². The van der Waals surface area contributed by atoms with Gasteiger partial charge in [0.1, 0.15) is 0 Å². The fourth-order valence-electron chi connectivity index (χ4n) is 3.13. The smallest absolute Gasteiger partial charge is 0.0847 e. The summed E-state index contributed by atoms with van der Waals surface area (Å²) in [7, 11) is 1.79. The zero-order chi connectivity index (χ0) is 14.6. The third kappa shape index (κ3) is 3.31. The van der Waals surface area contributed by atoms with Gasteiger partial charge in [-0.2, -0.15) is 0 Å². The van der Waals surface area contributed by atoms with Gasteiger partial charge in [-0.05, 0) is 49.7 Å². The molecule has 20 heavy (non-hydrogen) atoms. The standard InChI is InChI=1S/C15H24ClN3O/c1-11-3-6-15(20-2,7-4-11)14(19-17)9-12-5-8-18-10-13(12)16/h5,8,10-11,14,19H,3-4,6-7,9,17H2,1-2H3. The molecule has 1 unspecified atom stereocenters. The monoisotopic (exact) mass is 297 g/mol. The lowest BCUT2D eigenvalue weighted by atomic mass is 9.74. The van der Waals surface area contributed by atoms with Gasteiger partial charge in [-0.3, -0.25) is 16.3 Å². The minimum absolute atomic E-state index is 0.0555. The van der Waals surface area contributed by atoms with Crippen LogP contribution in [0.3, 0.4) is 0 Å². The van der Waals surface area contributed by atoms with Crippen LogP contribution in [-0.2, 0) is 11.2 Å². The summed E-state index contributed by atoms with van der Waals surface area (Å²) in [4.78, 5) is 4.02. The summed E-state index contributed by atoms with van der Waals surface area (Å²) in [5.74, 6) is 6.57. The fourth-order valence-corrected chi connectivity index (χ4v) is 3.33. The van der Waals surface area contributed by atoms with E-state index in [1.54, 1.807) is 19.5 Å². The predicted octanol–water partition coefficient (Wildman–Crippen LogP) is 2.70. The minimum atomic E-state index is -0.201. The zero-order valence-electron chi connectivity index (χ0n) is 12.2. The van der Waals surface area contributed by atoms with Crippen LogP contribution in [0.25, 0.3) is 0 Å². The topological polar surface area (TPSA) is 60.2 Å². The molecule has 1 fully saturated rings. The zero-order valence-corrected chi connectivity index (χ0v) is 13.0. The highest BCUT2D eigenvalue weighted by atomic mass is 35.5. The van der Waals surface area contributed by atoms with Crippen LogP contribution in [0.5, 0.6) is 0 Å². The van der Waals surface area contributed by atoms with E-state index < -0.39 is 0 Å². The van der Waals surface area contributed by atoms with Crippen molar-refractivity contribution in [2.24, 2.45) is 11.8 Å². The van der Waals surface area contributed by atoms with Crippen molar-refractivity contribution in [1.29, 1.82) is 0 Å². The molecule has 0 amide bonds. The maximum Gasteiger partial charge on any atom is 0.0847 e. The molecule has 3 N–H and O–H groups in total. The van der Waals surface area contributed by atoms with Gasteiger partial charge in [0.05, 0.1) is 16.7 Å². The van der Waals surface area contributed by atoms with Gasteiger partial charge in [-0.1, -0.05) is 18.5 Å². The van der Waals surface area contributed by atoms with Crippen LogP contribution in [0.2, 0.25) is 5.02 Å². The molecule has 0 radical (unpaired) electrons. The molecule has 1 aliphatic rings. The van der Waals surface area contributed by atoms with E-state index in [9.17, 15) is 0 Å². The van der Waals surface area contributed by atoms with Crippen molar-refractivity contribution in [3.8, 4) is 0 Å². The molecule has 0 aliphatic heterocycles. The largest absolute Gasteiger partial charge is 0.377 e. The lowest BCUT2D eigenvalue weighted by Gasteiger charge is -2.44. The Bertz CT molecular complexity index is 433. The maximum atomic E-state index is 6.20. The number of hydrogen-bond donors (Lipinski definition) is 2. The Morgan fingerprint density at radius 1 is 1.55 bits per heavy atom. The van der Waals surface area contributed by atoms with E-state index in [1.807, 2.05) is 6.07 Å². The van der Waals surface area contributed by atoms with Gasteiger partial charge in [0.2, 0.25) is 0 Å². The predicted molar refractivity (Wildman–Crippen MR) is 81.4 cm³/mol. The van der Waals surface area contributed by atoms with Gasteiger partial charge >= 0.3 is 0 Å². The molecular formula is C15H24ClN3O. The summed E-state index contributed by atoms with van der Waals surface area (Å²) >= 11 is 6.20. The number of nitrogens with zero attached hydrogens (tertiary/aromatic N) is 1. The summed E-state index contributed by atoms with van der Waals surface area (Å²) in [5, 5.41) is 0.684. The maximum absolute atomic E-state index is 6.20. The van der Waals surface area contributed by atoms with Gasteiger partial charge in [0.15, 0.2) is 0 Å². The molecule has 4 nitrogen and oxygen atoms in total. The van der Waals surface area contributed by atoms with E-state index in [2.05, 4.69) is 17.3 Å². The van der Waals surface area contributed by atoms with Crippen molar-refractivity contribution < 1.29 is 4.74 Å². The number of methoxy groups -OCH3 is 1. The third-order valence-corrected chi connectivity index (χ3v) is 4.98. The highest BCUT2D eigenvalue weighted by Crippen LogP contribution is 2.38. The SMILES string of the molecule is COC1(C(Cc2ccncc2Cl)NN)CCC(C)CC1. The van der Waals surface area contributed by atoms with Crippen molar-refractivity contribution in [3.63, 3.8) is 0 Å². The molecule has 1 aliphatic carbocycles. The number of rotatable bonds is 5. The first-order valence-electron chi connectivity index (χ1n) is 7.21. The Hall–Kier alpha value is -0.680. The van der Waals surface area contributed by atoms with Gasteiger partial charge in [-0.25, -0.2) is 0 Å². The minimum Gasteiger partial charge on any atom is -0.377 e. The fraction of sp³-hybridized carbons (Fsp3) is 0.667. The molecule has 2 rings (SSSR count). The van der Waals surface area contributed by atoms with Crippen molar-refractivity contribution in [2.75, 3.05) is 7.11 Å². The van der Waals surface area contributed by atoms with Crippen LogP contribution in [0.15, 0.2) is 18.5 Å². The molecule has 0 spiro atoms. The molecule has 1 heterocycles. The van der Waals surface area contributed by atoms with Gasteiger partial charge in [-0.15, -0.1) is 0 Å². The van der Waals surface area contributed by atoms with Crippen LogP contribution >= 0.6 is 11.6 Å². The number of nitrogens with two attached hydrogens (primary N) is 1. The lowest BCUT2D eigenvalue weighted by Crippen LogP contribution is -2.57. The number of halogens is 1. The van der Waals surface area contributed by atoms with E-state index in [1.165, 1.54) is 12.8 Å². The number of pyridine rings is 1. The quantitative estimate of drug-likeness (QED) is 0.648. The van der Waals surface area contributed by atoms with Crippen LogP contribution in [0.4, 0.5) is 0 Å². The molecule has 0 aromatic carbocycles. The number of aromatic nitrogens is 1. The normalized spacial score (nSPS) is 28.3. The molecule has 1 aromatic rings. The van der Waals surface area contributed by atoms with Crippen LogP contribution < -0.4 is 11.3 Å². The number of hydrogen-bond acceptors (Lipinski definition) is 4. The highest BCUT2D eigenvalue weighted by molar-refractivity contribution is 6.31. The summed E-state index contributed by atoms with van der Waals surface area (Å²) in [5.41, 5.74) is 3.80. The summed E-state index contributed by atoms with van der Waals surface area (Å²) in [6.07, 6.45) is 8.60. The average Bonchev–Trinajstić information content (AvgIpc) is 2.48. The van der Waals surface area contributed by atoms with Crippen LogP contribution in [-0.4, -0.2) is 23.7 Å². The molecule has 1 atom stereocenters. The first-order valence-corrected chi connectivity index (χ1v) is 7.59. The molecule has 5 heteroatoms. The van der Waals surface area contributed by atoms with Crippen molar-refractivity contribution in [2.45, 2.75) is 50.7 Å². The Morgan fingerprint density at radius 2 is 2.25 bits per heavy atom. The first-order chi connectivity index (χ1) is 9.61. The summed E-state index contributed by atoms with van der Waals surface area (Å²) < 4.78 is 5.89. The highest BCUT2D eigenvalue weighted by Gasteiger charge is 2.41. The van der Waals surface area contributed by atoms with Crippen LogP contribution in [0.1, 0.15) is 38.2 Å². The second-order valence-electron chi connectivity index (χ2n) is 5.84. The second kappa shape index (κ2) is 6.85. The average molecular weight is 298 g/mol. The first kappa shape index (κ1) is 15.7. The van der Waals surface area contributed by atoms with Crippen molar-refractivity contribution in [1.82, 2.24) is 10.4 Å². The van der Waals surface area contributed by atoms with Crippen molar-refractivity contribution >= 4 is 11.6 Å². The van der Waals surface area contributed by atoms with E-state index in [4.69, 9.17) is 22.2 Å². The molecule has 1 aromatic heterocycles. The van der Waals surface area contributed by atoms with Gasteiger partial charge in [0.25, 0.3) is 0 Å². The van der Waals surface area contributed by atoms with E-state index >= 15 is 0 Å². The number of nitrogens with one attached hydrogen (secondary N) is 1. The molecule has 1 saturated carbocycles. The number of hydrazine groups is 1. The molecule has 0 saturated heterocycles. The van der Waals surface area contributed by atoms with Gasteiger partial charge in [0, 0.05) is 19.5 Å². The molecule has 112 valence electrons. The van der Waals surface area contributed by atoms with Crippen molar-refractivity contribution in [3.05, 3.63) is 29.0 Å². The number of ether oxygens (including phenoxy) is 1. The Labute approximate surface area is 126 Å². The Morgan fingerprint density at radius 3 is 2.80 bits per heavy atom. The lowest BCUT2D eigenvalue weighted by molar-refractivity contribution is -0.0746. The third-order valence-electron chi connectivity index (χ3n) is 4.64. The summed E-state index contributed by atoms with van der Waals surface area (Å²) in [6.45, 7) is 2.30. The Kier molecular flexibility index (Phi) is 5.38. The summed E-state index contributed by atoms with van der Waals surface area (Å²) in [6, 6.07) is 2.00. The van der Waals surface area contributed by atoms with Crippen LogP contribution in [0, 0.1) is 5.92 Å². The van der Waals surface area contributed by atoms with Gasteiger partial charge < -0.3 is 4.74 Å². The molecule has 0 bridgehead atoms. The second-order valence-corrected chi connectivity index (χ2v) is 6.25.